The number of amides is 1. The molecule has 0 spiro atoms. The van der Waals surface area contributed by atoms with Gasteiger partial charge in [-0.15, -0.1) is 10.2 Å². The summed E-state index contributed by atoms with van der Waals surface area (Å²) >= 11 is 1.38. The van der Waals surface area contributed by atoms with Crippen molar-refractivity contribution in [1.82, 2.24) is 20.1 Å². The standard InChI is InChI=1S/C14H18N4OS/c1-10(2)16-13(19)8-20-14-17-15-9-18(14)12-6-4-11(3)5-7-12/h4-7,9-10H,8H2,1-3H3,(H,16,19). The Labute approximate surface area is 122 Å². The van der Waals surface area contributed by atoms with Crippen LogP contribution in [0.15, 0.2) is 35.7 Å². The second-order valence-electron chi connectivity index (χ2n) is 4.83. The first-order valence-corrected chi connectivity index (χ1v) is 7.44. The number of nitrogens with one attached hydrogen (secondary N) is 1. The van der Waals surface area contributed by atoms with Gasteiger partial charge in [-0.2, -0.15) is 0 Å². The second kappa shape index (κ2) is 6.56. The summed E-state index contributed by atoms with van der Waals surface area (Å²) in [6.45, 7) is 5.93. The summed E-state index contributed by atoms with van der Waals surface area (Å²) in [7, 11) is 0. The van der Waals surface area contributed by atoms with Crippen molar-refractivity contribution in [2.75, 3.05) is 5.75 Å². The van der Waals surface area contributed by atoms with Crippen LogP contribution >= 0.6 is 11.8 Å². The Balaban J connectivity index is 2.05. The molecule has 0 saturated heterocycles. The average molecular weight is 290 g/mol. The molecule has 0 aliphatic heterocycles. The lowest BCUT2D eigenvalue weighted by atomic mass is 10.2. The van der Waals surface area contributed by atoms with E-state index in [1.165, 1.54) is 17.3 Å². The average Bonchev–Trinajstić information content (AvgIpc) is 2.85. The lowest BCUT2D eigenvalue weighted by molar-refractivity contribution is -0.119. The highest BCUT2D eigenvalue weighted by Crippen LogP contribution is 2.19. The Bertz CT molecular complexity index is 577. The molecule has 0 saturated carbocycles. The van der Waals surface area contributed by atoms with Crippen LogP contribution in [0.1, 0.15) is 19.4 Å². The Hall–Kier alpha value is -1.82. The van der Waals surface area contributed by atoms with Gasteiger partial charge in [0.15, 0.2) is 5.16 Å². The topological polar surface area (TPSA) is 59.8 Å². The van der Waals surface area contributed by atoms with Gasteiger partial charge in [-0.1, -0.05) is 29.5 Å². The zero-order chi connectivity index (χ0) is 14.5. The first-order valence-electron chi connectivity index (χ1n) is 6.45. The van der Waals surface area contributed by atoms with Crippen LogP contribution in [0.3, 0.4) is 0 Å². The van der Waals surface area contributed by atoms with E-state index in [0.29, 0.717) is 10.9 Å². The molecule has 1 heterocycles. The number of aromatic nitrogens is 3. The number of aryl methyl sites for hydroxylation is 1. The van der Waals surface area contributed by atoms with E-state index in [-0.39, 0.29) is 11.9 Å². The van der Waals surface area contributed by atoms with Crippen molar-refractivity contribution in [2.45, 2.75) is 32.0 Å². The maximum Gasteiger partial charge on any atom is 0.230 e. The summed E-state index contributed by atoms with van der Waals surface area (Å²) in [5.74, 6) is 0.339. The molecule has 1 N–H and O–H groups in total. The van der Waals surface area contributed by atoms with Crippen LogP contribution in [0.25, 0.3) is 5.69 Å². The fourth-order valence-electron chi connectivity index (χ4n) is 1.70. The Morgan fingerprint density at radius 3 is 2.70 bits per heavy atom. The van der Waals surface area contributed by atoms with Gasteiger partial charge in [0.1, 0.15) is 6.33 Å². The molecule has 0 fully saturated rings. The van der Waals surface area contributed by atoms with Crippen LogP contribution in [0.2, 0.25) is 0 Å². The van der Waals surface area contributed by atoms with Crippen molar-refractivity contribution >= 4 is 17.7 Å². The third-order valence-corrected chi connectivity index (χ3v) is 3.55. The summed E-state index contributed by atoms with van der Waals surface area (Å²) in [4.78, 5) is 11.7. The number of benzene rings is 1. The van der Waals surface area contributed by atoms with Crippen LogP contribution in [0.5, 0.6) is 0 Å². The summed E-state index contributed by atoms with van der Waals surface area (Å²) in [5.41, 5.74) is 2.19. The van der Waals surface area contributed by atoms with Gasteiger partial charge < -0.3 is 5.32 Å². The summed E-state index contributed by atoms with van der Waals surface area (Å²) in [6, 6.07) is 8.25. The fourth-order valence-corrected chi connectivity index (χ4v) is 2.44. The van der Waals surface area contributed by atoms with E-state index in [1.807, 2.05) is 49.6 Å². The highest BCUT2D eigenvalue weighted by atomic mass is 32.2. The molecule has 6 heteroatoms. The Morgan fingerprint density at radius 2 is 2.05 bits per heavy atom. The molecule has 2 aromatic rings. The minimum atomic E-state index is 0.00320. The third-order valence-electron chi connectivity index (χ3n) is 2.61. The normalized spacial score (nSPS) is 10.8. The van der Waals surface area contributed by atoms with Gasteiger partial charge in [0, 0.05) is 11.7 Å². The molecular weight excluding hydrogens is 272 g/mol. The second-order valence-corrected chi connectivity index (χ2v) is 5.77. The molecular formula is C14H18N4OS. The van der Waals surface area contributed by atoms with E-state index in [9.17, 15) is 4.79 Å². The molecule has 5 nitrogen and oxygen atoms in total. The monoisotopic (exact) mass is 290 g/mol. The molecule has 106 valence electrons. The largest absolute Gasteiger partial charge is 0.353 e. The van der Waals surface area contributed by atoms with Crippen LogP contribution in [0, 0.1) is 6.92 Å². The van der Waals surface area contributed by atoms with Gasteiger partial charge in [-0.25, -0.2) is 0 Å². The molecule has 1 aromatic carbocycles. The minimum Gasteiger partial charge on any atom is -0.353 e. The van der Waals surface area contributed by atoms with E-state index < -0.39 is 0 Å². The van der Waals surface area contributed by atoms with Crippen molar-refractivity contribution < 1.29 is 4.79 Å². The minimum absolute atomic E-state index is 0.00320. The molecule has 0 bridgehead atoms. The van der Waals surface area contributed by atoms with Crippen molar-refractivity contribution in [3.8, 4) is 5.69 Å². The van der Waals surface area contributed by atoms with Crippen molar-refractivity contribution in [3.05, 3.63) is 36.2 Å². The maximum atomic E-state index is 11.7. The number of carbonyl (C=O) groups excluding carboxylic acids is 1. The number of hydrogen-bond acceptors (Lipinski definition) is 4. The molecule has 0 aliphatic carbocycles. The van der Waals surface area contributed by atoms with E-state index in [4.69, 9.17) is 0 Å². The first kappa shape index (κ1) is 14.6. The Kier molecular flexibility index (Phi) is 4.79. The summed E-state index contributed by atoms with van der Waals surface area (Å²) < 4.78 is 1.88. The van der Waals surface area contributed by atoms with Gasteiger partial charge in [0.05, 0.1) is 5.75 Å². The molecule has 20 heavy (non-hydrogen) atoms. The molecule has 0 aliphatic rings. The van der Waals surface area contributed by atoms with Gasteiger partial charge in [0.2, 0.25) is 5.91 Å². The van der Waals surface area contributed by atoms with Crippen LogP contribution in [-0.4, -0.2) is 32.5 Å². The van der Waals surface area contributed by atoms with Gasteiger partial charge >= 0.3 is 0 Å². The van der Waals surface area contributed by atoms with Crippen molar-refractivity contribution in [3.63, 3.8) is 0 Å². The number of hydrogen-bond donors (Lipinski definition) is 1. The van der Waals surface area contributed by atoms with E-state index in [1.54, 1.807) is 6.33 Å². The molecule has 0 unspecified atom stereocenters. The fraction of sp³-hybridized carbons (Fsp3) is 0.357. The van der Waals surface area contributed by atoms with Crippen LogP contribution in [-0.2, 0) is 4.79 Å². The lowest BCUT2D eigenvalue weighted by Crippen LogP contribution is -2.31. The summed E-state index contributed by atoms with van der Waals surface area (Å²) in [6.07, 6.45) is 1.66. The highest BCUT2D eigenvalue weighted by Gasteiger charge is 2.10. The number of carbonyl (C=O) groups is 1. The number of nitrogens with zero attached hydrogens (tertiary/aromatic N) is 3. The Morgan fingerprint density at radius 1 is 1.35 bits per heavy atom. The molecule has 1 aromatic heterocycles. The van der Waals surface area contributed by atoms with Gasteiger partial charge in [0.25, 0.3) is 0 Å². The molecule has 2 rings (SSSR count). The van der Waals surface area contributed by atoms with Gasteiger partial charge in [-0.3, -0.25) is 9.36 Å². The molecule has 1 amide bonds. The predicted octanol–water partition coefficient (Wildman–Crippen LogP) is 2.19. The third kappa shape index (κ3) is 3.84. The smallest absolute Gasteiger partial charge is 0.230 e. The predicted molar refractivity (Wildman–Crippen MR) is 80.1 cm³/mol. The van der Waals surface area contributed by atoms with E-state index in [2.05, 4.69) is 15.5 Å². The zero-order valence-corrected chi connectivity index (χ0v) is 12.6. The first-order chi connectivity index (χ1) is 9.56. The lowest BCUT2D eigenvalue weighted by Gasteiger charge is -2.08. The van der Waals surface area contributed by atoms with E-state index in [0.717, 1.165) is 5.69 Å². The summed E-state index contributed by atoms with van der Waals surface area (Å²) in [5, 5.41) is 11.6. The highest BCUT2D eigenvalue weighted by molar-refractivity contribution is 7.99. The number of rotatable bonds is 5. The van der Waals surface area contributed by atoms with E-state index >= 15 is 0 Å². The molecule has 0 radical (unpaired) electrons. The maximum absolute atomic E-state index is 11.7. The zero-order valence-electron chi connectivity index (χ0n) is 11.8. The molecule has 0 atom stereocenters. The quantitative estimate of drug-likeness (QED) is 0.858. The van der Waals surface area contributed by atoms with Crippen LogP contribution < -0.4 is 5.32 Å². The van der Waals surface area contributed by atoms with Gasteiger partial charge in [-0.05, 0) is 32.9 Å². The van der Waals surface area contributed by atoms with Crippen LogP contribution in [0.4, 0.5) is 0 Å². The van der Waals surface area contributed by atoms with Crippen molar-refractivity contribution in [1.29, 1.82) is 0 Å². The van der Waals surface area contributed by atoms with Crippen molar-refractivity contribution in [2.24, 2.45) is 0 Å². The SMILES string of the molecule is Cc1ccc(-n2cnnc2SCC(=O)NC(C)C)cc1. The number of thioether (sulfide) groups is 1.